The van der Waals surface area contributed by atoms with Gasteiger partial charge in [-0.05, 0) is 32.1 Å². The number of amides is 1. The highest BCUT2D eigenvalue weighted by Gasteiger charge is 1.98. The second-order valence-corrected chi connectivity index (χ2v) is 6.13. The van der Waals surface area contributed by atoms with E-state index in [1.54, 1.807) is 7.05 Å². The van der Waals surface area contributed by atoms with Crippen molar-refractivity contribution >= 4 is 5.91 Å². The van der Waals surface area contributed by atoms with Crippen molar-refractivity contribution in [3.05, 3.63) is 12.2 Å². The van der Waals surface area contributed by atoms with Crippen molar-refractivity contribution in [1.82, 2.24) is 10.9 Å². The molecular formula is C19H38N2O. The minimum Gasteiger partial charge on any atom is -0.292 e. The molecule has 1 amide bonds. The van der Waals surface area contributed by atoms with Gasteiger partial charge < -0.3 is 0 Å². The lowest BCUT2D eigenvalue weighted by Crippen LogP contribution is -2.33. The van der Waals surface area contributed by atoms with Crippen LogP contribution < -0.4 is 10.9 Å². The number of allylic oxidation sites excluding steroid dienone is 2. The first-order valence-corrected chi connectivity index (χ1v) is 9.41. The largest absolute Gasteiger partial charge is 0.292 e. The average molecular weight is 311 g/mol. The predicted molar refractivity (Wildman–Crippen MR) is 96.7 cm³/mol. The second kappa shape index (κ2) is 18.2. The Morgan fingerprint density at radius 3 is 1.82 bits per heavy atom. The Balaban J connectivity index is 3.12. The van der Waals surface area contributed by atoms with Crippen molar-refractivity contribution in [3.8, 4) is 0 Å². The van der Waals surface area contributed by atoms with Crippen LogP contribution in [0.15, 0.2) is 12.2 Å². The molecule has 0 bridgehead atoms. The zero-order valence-corrected chi connectivity index (χ0v) is 15.0. The van der Waals surface area contributed by atoms with E-state index in [2.05, 4.69) is 29.9 Å². The van der Waals surface area contributed by atoms with Crippen molar-refractivity contribution < 1.29 is 4.79 Å². The standard InChI is InChI=1S/C19H38N2O/c1-3-4-5-6-7-8-9-10-11-12-13-14-15-16-17-18-19(22)21-20-2/h10-11,20H,3-9,12-18H2,1-2H3,(H,21,22). The van der Waals surface area contributed by atoms with Crippen molar-refractivity contribution in [2.45, 2.75) is 96.8 Å². The molecule has 130 valence electrons. The summed E-state index contributed by atoms with van der Waals surface area (Å²) < 4.78 is 0. The van der Waals surface area contributed by atoms with Crippen LogP contribution in [-0.2, 0) is 4.79 Å². The lowest BCUT2D eigenvalue weighted by atomic mass is 10.1. The SMILES string of the molecule is CCCCCCCCC=CCCCCCCCC(=O)NNC. The third-order valence-corrected chi connectivity index (χ3v) is 3.93. The van der Waals surface area contributed by atoms with Gasteiger partial charge in [0.05, 0.1) is 0 Å². The van der Waals surface area contributed by atoms with Crippen LogP contribution in [0.4, 0.5) is 0 Å². The van der Waals surface area contributed by atoms with Crippen LogP contribution in [0, 0.1) is 0 Å². The number of hydrogen-bond acceptors (Lipinski definition) is 2. The van der Waals surface area contributed by atoms with E-state index < -0.39 is 0 Å². The Labute approximate surface area is 138 Å². The minimum absolute atomic E-state index is 0.0973. The molecule has 0 aromatic carbocycles. The summed E-state index contributed by atoms with van der Waals surface area (Å²) in [6.45, 7) is 2.27. The molecule has 0 spiro atoms. The maximum atomic E-state index is 11.2. The molecule has 0 radical (unpaired) electrons. The molecule has 0 aromatic heterocycles. The summed E-state index contributed by atoms with van der Waals surface area (Å²) in [6, 6.07) is 0. The van der Waals surface area contributed by atoms with Crippen LogP contribution in [0.25, 0.3) is 0 Å². The minimum atomic E-state index is 0.0973. The molecule has 2 N–H and O–H groups in total. The first-order chi connectivity index (χ1) is 10.8. The molecule has 0 saturated heterocycles. The van der Waals surface area contributed by atoms with Gasteiger partial charge in [0.2, 0.25) is 5.91 Å². The molecular weight excluding hydrogens is 272 g/mol. The monoisotopic (exact) mass is 310 g/mol. The highest BCUT2D eigenvalue weighted by atomic mass is 16.2. The summed E-state index contributed by atoms with van der Waals surface area (Å²) in [6.07, 6.45) is 22.1. The zero-order chi connectivity index (χ0) is 16.3. The highest BCUT2D eigenvalue weighted by molar-refractivity contribution is 5.75. The number of carbonyl (C=O) groups excluding carboxylic acids is 1. The fourth-order valence-corrected chi connectivity index (χ4v) is 2.56. The van der Waals surface area contributed by atoms with E-state index in [0.717, 1.165) is 6.42 Å². The van der Waals surface area contributed by atoms with Crippen molar-refractivity contribution in [1.29, 1.82) is 0 Å². The van der Waals surface area contributed by atoms with Crippen molar-refractivity contribution in [2.24, 2.45) is 0 Å². The molecule has 0 unspecified atom stereocenters. The van der Waals surface area contributed by atoms with Gasteiger partial charge in [0.25, 0.3) is 0 Å². The zero-order valence-electron chi connectivity index (χ0n) is 15.0. The number of unbranched alkanes of at least 4 members (excludes halogenated alkanes) is 11. The Morgan fingerprint density at radius 2 is 1.27 bits per heavy atom. The topological polar surface area (TPSA) is 41.1 Å². The van der Waals surface area contributed by atoms with Crippen molar-refractivity contribution in [3.63, 3.8) is 0 Å². The van der Waals surface area contributed by atoms with Crippen molar-refractivity contribution in [2.75, 3.05) is 7.05 Å². The molecule has 0 saturated carbocycles. The summed E-state index contributed by atoms with van der Waals surface area (Å²) in [5.41, 5.74) is 5.26. The van der Waals surface area contributed by atoms with Gasteiger partial charge in [-0.1, -0.05) is 70.4 Å². The molecule has 22 heavy (non-hydrogen) atoms. The number of nitrogens with one attached hydrogen (secondary N) is 2. The highest BCUT2D eigenvalue weighted by Crippen LogP contribution is 2.09. The van der Waals surface area contributed by atoms with Crippen LogP contribution in [0.5, 0.6) is 0 Å². The van der Waals surface area contributed by atoms with E-state index in [1.165, 1.54) is 77.0 Å². The molecule has 0 aromatic rings. The molecule has 0 aliphatic heterocycles. The summed E-state index contributed by atoms with van der Waals surface area (Å²) >= 11 is 0. The first-order valence-electron chi connectivity index (χ1n) is 9.41. The van der Waals surface area contributed by atoms with E-state index in [-0.39, 0.29) is 5.91 Å². The Hall–Kier alpha value is -0.830. The maximum Gasteiger partial charge on any atom is 0.234 e. The Kier molecular flexibility index (Phi) is 17.5. The number of carbonyl (C=O) groups is 1. The van der Waals surface area contributed by atoms with Gasteiger partial charge in [-0.25, -0.2) is 5.43 Å². The van der Waals surface area contributed by atoms with Gasteiger partial charge in [-0.2, -0.15) is 0 Å². The summed E-state index contributed by atoms with van der Waals surface area (Å²) in [5, 5.41) is 0. The van der Waals surface area contributed by atoms with Gasteiger partial charge in [0.1, 0.15) is 0 Å². The van der Waals surface area contributed by atoms with Crippen LogP contribution in [-0.4, -0.2) is 13.0 Å². The van der Waals surface area contributed by atoms with Crippen LogP contribution in [0.2, 0.25) is 0 Å². The van der Waals surface area contributed by atoms with E-state index in [0.29, 0.717) is 6.42 Å². The fourth-order valence-electron chi connectivity index (χ4n) is 2.56. The van der Waals surface area contributed by atoms with Gasteiger partial charge in [-0.15, -0.1) is 0 Å². The number of hydrogen-bond donors (Lipinski definition) is 2. The smallest absolute Gasteiger partial charge is 0.234 e. The quantitative estimate of drug-likeness (QED) is 0.231. The van der Waals surface area contributed by atoms with Gasteiger partial charge in [-0.3, -0.25) is 10.2 Å². The summed E-state index contributed by atoms with van der Waals surface area (Å²) in [5.74, 6) is 0.0973. The first kappa shape index (κ1) is 21.2. The third-order valence-electron chi connectivity index (χ3n) is 3.93. The molecule has 0 heterocycles. The third kappa shape index (κ3) is 17.2. The molecule has 3 nitrogen and oxygen atoms in total. The van der Waals surface area contributed by atoms with Gasteiger partial charge in [0.15, 0.2) is 0 Å². The van der Waals surface area contributed by atoms with Gasteiger partial charge in [0, 0.05) is 13.5 Å². The average Bonchev–Trinajstić information content (AvgIpc) is 2.51. The second-order valence-electron chi connectivity index (χ2n) is 6.13. The number of rotatable bonds is 16. The van der Waals surface area contributed by atoms with Crippen LogP contribution in [0.1, 0.15) is 96.8 Å². The Morgan fingerprint density at radius 1 is 0.773 bits per heavy atom. The number of hydrazine groups is 1. The maximum absolute atomic E-state index is 11.2. The molecule has 0 fully saturated rings. The fraction of sp³-hybridized carbons (Fsp3) is 0.842. The van der Waals surface area contributed by atoms with E-state index in [9.17, 15) is 4.79 Å². The Bertz CT molecular complexity index is 264. The van der Waals surface area contributed by atoms with E-state index in [1.807, 2.05) is 0 Å². The molecule has 3 heteroatoms. The van der Waals surface area contributed by atoms with Gasteiger partial charge >= 0.3 is 0 Å². The molecule has 0 aliphatic rings. The normalized spacial score (nSPS) is 11.2. The van der Waals surface area contributed by atoms with Crippen LogP contribution >= 0.6 is 0 Å². The van der Waals surface area contributed by atoms with E-state index in [4.69, 9.17) is 0 Å². The van der Waals surface area contributed by atoms with Crippen LogP contribution in [0.3, 0.4) is 0 Å². The lowest BCUT2D eigenvalue weighted by molar-refractivity contribution is -0.122. The van der Waals surface area contributed by atoms with E-state index >= 15 is 0 Å². The lowest BCUT2D eigenvalue weighted by Gasteiger charge is -2.02. The molecule has 0 aliphatic carbocycles. The summed E-state index contributed by atoms with van der Waals surface area (Å²) in [4.78, 5) is 11.2. The molecule has 0 rings (SSSR count). The molecule has 0 atom stereocenters. The predicted octanol–water partition coefficient (Wildman–Crippen LogP) is 5.27. The summed E-state index contributed by atoms with van der Waals surface area (Å²) in [7, 11) is 1.72.